The highest BCUT2D eigenvalue weighted by Crippen LogP contribution is 2.38. The summed E-state index contributed by atoms with van der Waals surface area (Å²) in [6.07, 6.45) is 1.66. The number of amides is 1. The molecule has 19 heavy (non-hydrogen) atoms. The highest BCUT2D eigenvalue weighted by molar-refractivity contribution is 5.90. The van der Waals surface area contributed by atoms with Crippen molar-refractivity contribution in [3.05, 3.63) is 0 Å². The van der Waals surface area contributed by atoms with Gasteiger partial charge in [0.1, 0.15) is 6.04 Å². The SMILES string of the molecule is COC(=O)CC[C@@H](NC(=O)C(C)(N)C1CC1)C(=O)O. The normalized spacial score (nSPS) is 19.1. The monoisotopic (exact) mass is 272 g/mol. The highest BCUT2D eigenvalue weighted by Gasteiger charge is 2.44. The van der Waals surface area contributed by atoms with Crippen LogP contribution in [-0.4, -0.2) is 41.6 Å². The van der Waals surface area contributed by atoms with Crippen LogP contribution in [-0.2, 0) is 19.1 Å². The Hall–Kier alpha value is -1.63. The number of carboxylic acid groups (broad SMARTS) is 1. The standard InChI is InChI=1S/C12H20N2O5/c1-12(13,7-3-4-7)11(18)14-8(10(16)17)5-6-9(15)19-2/h7-8H,3-6,13H2,1-2H3,(H,14,18)(H,16,17)/t8-,12?/m1/s1. The van der Waals surface area contributed by atoms with E-state index in [4.69, 9.17) is 10.8 Å². The summed E-state index contributed by atoms with van der Waals surface area (Å²) in [4.78, 5) is 34.0. The van der Waals surface area contributed by atoms with Gasteiger partial charge in [-0.15, -0.1) is 0 Å². The van der Waals surface area contributed by atoms with Gasteiger partial charge in [-0.1, -0.05) is 0 Å². The molecule has 0 aromatic carbocycles. The number of hydrogen-bond acceptors (Lipinski definition) is 5. The molecule has 108 valence electrons. The zero-order chi connectivity index (χ0) is 14.6. The van der Waals surface area contributed by atoms with Crippen LogP contribution in [0.25, 0.3) is 0 Å². The molecule has 1 saturated carbocycles. The van der Waals surface area contributed by atoms with Crippen molar-refractivity contribution in [2.45, 2.75) is 44.2 Å². The average Bonchev–Trinajstić information content (AvgIpc) is 3.17. The van der Waals surface area contributed by atoms with E-state index in [2.05, 4.69) is 10.1 Å². The minimum atomic E-state index is -1.19. The highest BCUT2D eigenvalue weighted by atomic mass is 16.5. The van der Waals surface area contributed by atoms with Crippen molar-refractivity contribution in [3.63, 3.8) is 0 Å². The summed E-state index contributed by atoms with van der Waals surface area (Å²) in [6, 6.07) is -1.13. The first-order chi connectivity index (χ1) is 8.78. The van der Waals surface area contributed by atoms with Crippen molar-refractivity contribution >= 4 is 17.8 Å². The second-order valence-electron chi connectivity index (χ2n) is 5.04. The Morgan fingerprint density at radius 1 is 1.47 bits per heavy atom. The fraction of sp³-hybridized carbons (Fsp3) is 0.750. The molecule has 0 spiro atoms. The van der Waals surface area contributed by atoms with Crippen LogP contribution in [0.2, 0.25) is 0 Å². The lowest BCUT2D eigenvalue weighted by molar-refractivity contribution is -0.144. The minimum Gasteiger partial charge on any atom is -0.480 e. The summed E-state index contributed by atoms with van der Waals surface area (Å²) in [7, 11) is 1.22. The second-order valence-corrected chi connectivity index (χ2v) is 5.04. The number of nitrogens with two attached hydrogens (primary N) is 1. The molecule has 1 aliphatic rings. The van der Waals surface area contributed by atoms with E-state index in [0.29, 0.717) is 0 Å². The molecule has 1 amide bonds. The van der Waals surface area contributed by atoms with Gasteiger partial charge in [0.2, 0.25) is 5.91 Å². The third-order valence-corrected chi connectivity index (χ3v) is 3.38. The van der Waals surface area contributed by atoms with Crippen LogP contribution in [0.15, 0.2) is 0 Å². The first-order valence-electron chi connectivity index (χ1n) is 6.18. The Morgan fingerprint density at radius 3 is 2.47 bits per heavy atom. The van der Waals surface area contributed by atoms with Crippen molar-refractivity contribution < 1.29 is 24.2 Å². The van der Waals surface area contributed by atoms with Gasteiger partial charge in [0.05, 0.1) is 12.6 Å². The Kier molecular flexibility index (Phi) is 4.88. The molecule has 0 aliphatic heterocycles. The Balaban J connectivity index is 2.55. The molecule has 0 aromatic heterocycles. The van der Waals surface area contributed by atoms with E-state index in [1.54, 1.807) is 6.92 Å². The molecule has 0 bridgehead atoms. The van der Waals surface area contributed by atoms with E-state index < -0.39 is 29.4 Å². The number of rotatable bonds is 7. The van der Waals surface area contributed by atoms with Gasteiger partial charge in [-0.3, -0.25) is 9.59 Å². The average molecular weight is 272 g/mol. The number of carboxylic acids is 1. The van der Waals surface area contributed by atoms with E-state index in [1.807, 2.05) is 0 Å². The van der Waals surface area contributed by atoms with E-state index in [9.17, 15) is 14.4 Å². The Labute approximate surface area is 111 Å². The molecular formula is C12H20N2O5. The molecule has 0 heterocycles. The molecule has 1 fully saturated rings. The van der Waals surface area contributed by atoms with Gasteiger partial charge >= 0.3 is 11.9 Å². The topological polar surface area (TPSA) is 119 Å². The molecule has 0 saturated heterocycles. The molecule has 0 aromatic rings. The number of aliphatic carboxylic acids is 1. The maximum Gasteiger partial charge on any atom is 0.326 e. The number of carbonyl (C=O) groups excluding carboxylic acids is 2. The third kappa shape index (κ3) is 4.20. The zero-order valence-electron chi connectivity index (χ0n) is 11.1. The predicted molar refractivity (Wildman–Crippen MR) is 66.1 cm³/mol. The summed E-state index contributed by atoms with van der Waals surface area (Å²) in [5, 5.41) is 11.4. The quantitative estimate of drug-likeness (QED) is 0.544. The second kappa shape index (κ2) is 6.01. The van der Waals surface area contributed by atoms with Crippen LogP contribution >= 0.6 is 0 Å². The zero-order valence-corrected chi connectivity index (χ0v) is 11.1. The lowest BCUT2D eigenvalue weighted by Gasteiger charge is -2.25. The van der Waals surface area contributed by atoms with E-state index >= 15 is 0 Å². The van der Waals surface area contributed by atoms with Gasteiger partial charge in [-0.25, -0.2) is 4.79 Å². The van der Waals surface area contributed by atoms with E-state index in [0.717, 1.165) is 12.8 Å². The fourth-order valence-corrected chi connectivity index (χ4v) is 1.80. The van der Waals surface area contributed by atoms with Crippen molar-refractivity contribution in [2.24, 2.45) is 11.7 Å². The van der Waals surface area contributed by atoms with Crippen molar-refractivity contribution in [2.75, 3.05) is 7.11 Å². The van der Waals surface area contributed by atoms with Crippen LogP contribution in [0.1, 0.15) is 32.6 Å². The molecule has 2 atom stereocenters. The fourth-order valence-electron chi connectivity index (χ4n) is 1.80. The van der Waals surface area contributed by atoms with Gasteiger partial charge in [0.15, 0.2) is 0 Å². The molecule has 7 heteroatoms. The van der Waals surface area contributed by atoms with Crippen LogP contribution < -0.4 is 11.1 Å². The number of ether oxygens (including phenoxy) is 1. The van der Waals surface area contributed by atoms with Gasteiger partial charge in [-0.05, 0) is 32.1 Å². The van der Waals surface area contributed by atoms with Crippen molar-refractivity contribution in [3.8, 4) is 0 Å². The summed E-state index contributed by atoms with van der Waals surface area (Å²) < 4.78 is 4.43. The molecule has 1 rings (SSSR count). The predicted octanol–water partition coefficient (Wildman–Crippen LogP) is -0.364. The van der Waals surface area contributed by atoms with Crippen molar-refractivity contribution in [1.82, 2.24) is 5.32 Å². The van der Waals surface area contributed by atoms with Crippen LogP contribution in [0.5, 0.6) is 0 Å². The number of nitrogens with one attached hydrogen (secondary N) is 1. The van der Waals surface area contributed by atoms with Crippen molar-refractivity contribution in [1.29, 1.82) is 0 Å². The lowest BCUT2D eigenvalue weighted by Crippen LogP contribution is -2.57. The maximum absolute atomic E-state index is 12.0. The minimum absolute atomic E-state index is 0.0194. The first-order valence-corrected chi connectivity index (χ1v) is 6.18. The van der Waals surface area contributed by atoms with Gasteiger partial charge in [-0.2, -0.15) is 0 Å². The number of hydrogen-bond donors (Lipinski definition) is 3. The van der Waals surface area contributed by atoms with Gasteiger partial charge in [0, 0.05) is 6.42 Å². The molecule has 1 unspecified atom stereocenters. The largest absolute Gasteiger partial charge is 0.480 e. The number of esters is 1. The van der Waals surface area contributed by atoms with E-state index in [1.165, 1.54) is 7.11 Å². The molecule has 1 aliphatic carbocycles. The van der Waals surface area contributed by atoms with Crippen LogP contribution in [0.4, 0.5) is 0 Å². The molecule has 7 nitrogen and oxygen atoms in total. The molecule has 0 radical (unpaired) electrons. The van der Waals surface area contributed by atoms with Crippen LogP contribution in [0.3, 0.4) is 0 Å². The Bertz CT molecular complexity index is 376. The van der Waals surface area contributed by atoms with Gasteiger partial charge < -0.3 is 20.9 Å². The summed E-state index contributed by atoms with van der Waals surface area (Å²) in [6.45, 7) is 1.60. The van der Waals surface area contributed by atoms with E-state index in [-0.39, 0.29) is 18.8 Å². The van der Waals surface area contributed by atoms with Crippen LogP contribution in [0, 0.1) is 5.92 Å². The summed E-state index contributed by atoms with van der Waals surface area (Å²) >= 11 is 0. The maximum atomic E-state index is 12.0. The van der Waals surface area contributed by atoms with Gasteiger partial charge in [0.25, 0.3) is 0 Å². The molecular weight excluding hydrogens is 252 g/mol. The lowest BCUT2D eigenvalue weighted by atomic mass is 9.95. The third-order valence-electron chi connectivity index (χ3n) is 3.38. The summed E-state index contributed by atoms with van der Waals surface area (Å²) in [5.74, 6) is -2.10. The molecule has 4 N–H and O–H groups in total. The first kappa shape index (κ1) is 15.4. The smallest absolute Gasteiger partial charge is 0.326 e. The Morgan fingerprint density at radius 2 is 2.05 bits per heavy atom. The number of carbonyl (C=O) groups is 3. The summed E-state index contributed by atoms with van der Waals surface area (Å²) in [5.41, 5.74) is 4.84. The number of methoxy groups -OCH3 is 1.